The molecule has 0 saturated carbocycles. The molecule has 4 rings (SSSR count). The number of aromatic amines is 1. The monoisotopic (exact) mass is 567 g/mol. The highest BCUT2D eigenvalue weighted by Crippen LogP contribution is 2.41. The van der Waals surface area contributed by atoms with Crippen LogP contribution in [-0.4, -0.2) is 14.5 Å². The zero-order chi connectivity index (χ0) is 21.8. The van der Waals surface area contributed by atoms with Crippen LogP contribution in [0.5, 0.6) is 0 Å². The summed E-state index contributed by atoms with van der Waals surface area (Å²) in [7, 11) is 3.70. The van der Waals surface area contributed by atoms with Gasteiger partial charge in [-0.15, -0.1) is 11.7 Å². The van der Waals surface area contributed by atoms with Gasteiger partial charge < -0.3 is 9.55 Å². The molecule has 158 valence electrons. The molecule has 0 atom stereocenters. The maximum atomic E-state index is 4.49. The lowest BCUT2D eigenvalue weighted by Crippen LogP contribution is -2.43. The van der Waals surface area contributed by atoms with Gasteiger partial charge in [-0.25, -0.2) is 4.57 Å². The lowest BCUT2D eigenvalue weighted by atomic mass is 9.89. The summed E-state index contributed by atoms with van der Waals surface area (Å²) in [5.41, 5.74) is 4.60. The van der Waals surface area contributed by atoms with E-state index < -0.39 is 0 Å². The molecule has 0 aliphatic rings. The first-order chi connectivity index (χ1) is 14.0. The van der Waals surface area contributed by atoms with Crippen LogP contribution in [0.15, 0.2) is 45.9 Å². The summed E-state index contributed by atoms with van der Waals surface area (Å²) in [5, 5.41) is 2.38. The average molecular weight is 569 g/mol. The van der Waals surface area contributed by atoms with Gasteiger partial charge in [-0.1, -0.05) is 10.8 Å². The molecule has 0 aromatic carbocycles. The van der Waals surface area contributed by atoms with E-state index in [4.69, 9.17) is 0 Å². The Morgan fingerprint density at radius 2 is 1.83 bits per heavy atom. The van der Waals surface area contributed by atoms with Crippen LogP contribution in [0.25, 0.3) is 21.8 Å². The van der Waals surface area contributed by atoms with E-state index >= 15 is 0 Å². The predicted octanol–water partition coefficient (Wildman–Crippen LogP) is 6.66. The standard InChI is InChI=1S/C22H24Br2N4S2/c1-21(2,19-6-13-15(23)8-25-9-17(13)26-19)12-28-10-16(24)14-7-20(22(3,4)30-29)27(5)18(14)11-28/h6-11,26H,12H2,1-5H3/p+1. The number of aryl methyl sites for hydroxylation is 1. The maximum Gasteiger partial charge on any atom is 0.193 e. The van der Waals surface area contributed by atoms with Gasteiger partial charge in [-0.2, -0.15) is 0 Å². The second kappa shape index (κ2) is 7.87. The summed E-state index contributed by atoms with van der Waals surface area (Å²) < 4.78 is 6.58. The van der Waals surface area contributed by atoms with Crippen LogP contribution in [0.2, 0.25) is 0 Å². The summed E-state index contributed by atoms with van der Waals surface area (Å²) >= 11 is 11.9. The third kappa shape index (κ3) is 3.85. The van der Waals surface area contributed by atoms with Gasteiger partial charge in [0, 0.05) is 39.9 Å². The van der Waals surface area contributed by atoms with Gasteiger partial charge >= 0.3 is 0 Å². The lowest BCUT2D eigenvalue weighted by Gasteiger charge is -2.22. The number of nitrogens with zero attached hydrogens (tertiary/aromatic N) is 3. The molecule has 4 aromatic rings. The SMILES string of the molecule is Cn1c(C(C)(C)SS)cc2c(Br)c[n+](CC(C)(C)c3cc4c(Br)cncc4[nH]3)cc21. The third-order valence-corrected chi connectivity index (χ3v) is 9.05. The molecule has 30 heavy (non-hydrogen) atoms. The number of halogens is 2. The Bertz CT molecular complexity index is 1260. The van der Waals surface area contributed by atoms with Gasteiger partial charge in [-0.3, -0.25) is 4.98 Å². The fourth-order valence-electron chi connectivity index (χ4n) is 4.01. The Morgan fingerprint density at radius 3 is 2.50 bits per heavy atom. The largest absolute Gasteiger partial charge is 0.356 e. The van der Waals surface area contributed by atoms with E-state index in [1.807, 2.05) is 12.4 Å². The first-order valence-electron chi connectivity index (χ1n) is 9.67. The second-order valence-electron chi connectivity index (χ2n) is 8.92. The molecule has 0 fully saturated rings. The first kappa shape index (κ1) is 22.2. The quantitative estimate of drug-likeness (QED) is 0.160. The third-order valence-electron chi connectivity index (χ3n) is 5.75. The van der Waals surface area contributed by atoms with E-state index in [-0.39, 0.29) is 10.2 Å². The Balaban J connectivity index is 1.75. The Kier molecular flexibility index (Phi) is 5.83. The normalized spacial score (nSPS) is 12.9. The van der Waals surface area contributed by atoms with Gasteiger partial charge in [0.15, 0.2) is 18.9 Å². The minimum absolute atomic E-state index is 0.0772. The van der Waals surface area contributed by atoms with E-state index in [2.05, 4.69) is 122 Å². The lowest BCUT2D eigenvalue weighted by molar-refractivity contribution is -0.703. The molecule has 0 spiro atoms. The number of hydrogen-bond donors (Lipinski definition) is 2. The van der Waals surface area contributed by atoms with E-state index in [0.29, 0.717) is 0 Å². The number of hydrogen-bond acceptors (Lipinski definition) is 3. The molecule has 0 aliphatic heterocycles. The number of fused-ring (bicyclic) bond motifs is 2. The van der Waals surface area contributed by atoms with Crippen LogP contribution in [0, 0.1) is 0 Å². The second-order valence-corrected chi connectivity index (χ2v) is 12.4. The number of rotatable bonds is 5. The highest BCUT2D eigenvalue weighted by molar-refractivity contribution is 9.11. The Morgan fingerprint density at radius 1 is 1.10 bits per heavy atom. The summed E-state index contributed by atoms with van der Waals surface area (Å²) in [6.07, 6.45) is 8.13. The molecule has 0 aliphatic carbocycles. The van der Waals surface area contributed by atoms with Gasteiger partial charge in [0.05, 0.1) is 26.3 Å². The highest BCUT2D eigenvalue weighted by Gasteiger charge is 2.30. The van der Waals surface area contributed by atoms with Crippen molar-refractivity contribution < 1.29 is 4.57 Å². The average Bonchev–Trinajstić information content (AvgIpc) is 3.26. The van der Waals surface area contributed by atoms with Crippen LogP contribution in [-0.2, 0) is 23.8 Å². The smallest absolute Gasteiger partial charge is 0.193 e. The zero-order valence-electron chi connectivity index (χ0n) is 17.6. The molecule has 1 N–H and O–H groups in total. The maximum absolute atomic E-state index is 4.49. The fraction of sp³-hybridized carbons (Fsp3) is 0.364. The van der Waals surface area contributed by atoms with Gasteiger partial charge in [0.25, 0.3) is 0 Å². The van der Waals surface area contributed by atoms with Gasteiger partial charge in [0.2, 0.25) is 0 Å². The van der Waals surface area contributed by atoms with Crippen molar-refractivity contribution in [2.45, 2.75) is 44.4 Å². The molecule has 4 aromatic heterocycles. The first-order valence-corrected chi connectivity index (χ1v) is 13.1. The minimum atomic E-state index is -0.0928. The summed E-state index contributed by atoms with van der Waals surface area (Å²) in [4.78, 5) is 7.83. The molecule has 0 amide bonds. The number of H-pyrrole nitrogens is 1. The molecule has 0 unspecified atom stereocenters. The number of aromatic nitrogens is 4. The van der Waals surface area contributed by atoms with Crippen LogP contribution in [0.4, 0.5) is 0 Å². The molecular weight excluding hydrogens is 544 g/mol. The van der Waals surface area contributed by atoms with Crippen molar-refractivity contribution in [3.8, 4) is 0 Å². The van der Waals surface area contributed by atoms with Gasteiger partial charge in [-0.05, 0) is 71.7 Å². The van der Waals surface area contributed by atoms with Crippen molar-refractivity contribution in [1.82, 2.24) is 14.5 Å². The summed E-state index contributed by atoms with van der Waals surface area (Å²) in [6.45, 7) is 9.77. The highest BCUT2D eigenvalue weighted by atomic mass is 79.9. The van der Waals surface area contributed by atoms with E-state index in [1.165, 1.54) is 22.3 Å². The van der Waals surface area contributed by atoms with Crippen molar-refractivity contribution in [2.75, 3.05) is 0 Å². The summed E-state index contributed by atoms with van der Waals surface area (Å²) in [6, 6.07) is 4.49. The molecule has 4 heterocycles. The van der Waals surface area contributed by atoms with Crippen LogP contribution in [0.1, 0.15) is 39.1 Å². The van der Waals surface area contributed by atoms with E-state index in [9.17, 15) is 0 Å². The van der Waals surface area contributed by atoms with Crippen LogP contribution < -0.4 is 4.57 Å². The number of pyridine rings is 2. The zero-order valence-corrected chi connectivity index (χ0v) is 22.5. The molecule has 0 saturated heterocycles. The van der Waals surface area contributed by atoms with Crippen molar-refractivity contribution in [3.63, 3.8) is 0 Å². The fourth-order valence-corrected chi connectivity index (χ4v) is 5.61. The molecular formula is C22H25Br2N4S2+. The van der Waals surface area contributed by atoms with Crippen molar-refractivity contribution in [3.05, 3.63) is 57.3 Å². The molecule has 0 bridgehead atoms. The summed E-state index contributed by atoms with van der Waals surface area (Å²) in [5.74, 6) is 0. The van der Waals surface area contributed by atoms with E-state index in [1.54, 1.807) is 10.8 Å². The van der Waals surface area contributed by atoms with Crippen molar-refractivity contribution in [2.24, 2.45) is 7.05 Å². The Hall–Kier alpha value is -0.960. The minimum Gasteiger partial charge on any atom is -0.356 e. The predicted molar refractivity (Wildman–Crippen MR) is 137 cm³/mol. The molecule has 0 radical (unpaired) electrons. The van der Waals surface area contributed by atoms with Gasteiger partial charge in [0.1, 0.15) is 5.52 Å². The van der Waals surface area contributed by atoms with E-state index in [0.717, 1.165) is 26.4 Å². The van der Waals surface area contributed by atoms with Crippen LogP contribution in [0.3, 0.4) is 0 Å². The van der Waals surface area contributed by atoms with Crippen molar-refractivity contribution in [1.29, 1.82) is 0 Å². The van der Waals surface area contributed by atoms with Crippen LogP contribution >= 0.6 is 54.3 Å². The molecule has 8 heteroatoms. The van der Waals surface area contributed by atoms with Crippen molar-refractivity contribution >= 4 is 76.1 Å². The Labute approximate surface area is 202 Å². The molecule has 4 nitrogen and oxygen atoms in total. The topological polar surface area (TPSA) is 37.5 Å². The number of thiol groups is 1. The number of nitrogens with one attached hydrogen (secondary N) is 1.